The van der Waals surface area contributed by atoms with Gasteiger partial charge in [0.15, 0.2) is 0 Å². The fraction of sp³-hybridized carbons (Fsp3) is 0. The summed E-state index contributed by atoms with van der Waals surface area (Å²) in [6, 6.07) is 8.85. The van der Waals surface area contributed by atoms with Crippen molar-refractivity contribution < 1.29 is 0 Å². The number of para-hydroxylation sites is 2. The normalized spacial score (nSPS) is 10.0. The van der Waals surface area contributed by atoms with Crippen molar-refractivity contribution in [2.45, 2.75) is 0 Å². The Kier molecular flexibility index (Phi) is 2.02. The maximum atomic E-state index is 11.4. The van der Waals surface area contributed by atoms with Gasteiger partial charge in [-0.15, -0.1) is 0 Å². The van der Waals surface area contributed by atoms with Crippen molar-refractivity contribution in [1.29, 1.82) is 0 Å². The second-order valence-corrected chi connectivity index (χ2v) is 2.83. The van der Waals surface area contributed by atoms with E-state index in [1.807, 2.05) is 12.1 Å². The van der Waals surface area contributed by atoms with Gasteiger partial charge in [0.1, 0.15) is 0 Å². The molecular weight excluding hydrogens is 178 g/mol. The molecule has 2 aromatic rings. The molecule has 4 heteroatoms. The summed E-state index contributed by atoms with van der Waals surface area (Å²) < 4.78 is 1.41. The quantitative estimate of drug-likeness (QED) is 0.672. The molecule has 0 bridgehead atoms. The van der Waals surface area contributed by atoms with Crippen molar-refractivity contribution in [2.24, 2.45) is 0 Å². The Labute approximate surface area is 80.6 Å². The van der Waals surface area contributed by atoms with Crippen molar-refractivity contribution in [3.8, 4) is 5.69 Å². The van der Waals surface area contributed by atoms with E-state index in [0.29, 0.717) is 11.4 Å². The lowest BCUT2D eigenvalue weighted by molar-refractivity contribution is 0.916. The average molecular weight is 187 g/mol. The molecule has 0 unspecified atom stereocenters. The lowest BCUT2D eigenvalue weighted by atomic mass is 10.2. The lowest BCUT2D eigenvalue weighted by Gasteiger charge is -2.06. The molecule has 1 aromatic carbocycles. The van der Waals surface area contributed by atoms with Gasteiger partial charge in [-0.05, 0) is 18.2 Å². The molecule has 1 heterocycles. The fourth-order valence-corrected chi connectivity index (χ4v) is 1.25. The molecule has 0 aliphatic rings. The molecule has 0 atom stereocenters. The van der Waals surface area contributed by atoms with Gasteiger partial charge in [0.2, 0.25) is 0 Å². The first-order valence-electron chi connectivity index (χ1n) is 4.17. The number of hydrogen-bond donors (Lipinski definition) is 1. The summed E-state index contributed by atoms with van der Waals surface area (Å²) in [6.45, 7) is 0. The molecule has 0 aliphatic heterocycles. The van der Waals surface area contributed by atoms with Crippen LogP contribution in [0.1, 0.15) is 0 Å². The summed E-state index contributed by atoms with van der Waals surface area (Å²) in [6.07, 6.45) is 3.10. The first-order valence-corrected chi connectivity index (χ1v) is 4.17. The largest absolute Gasteiger partial charge is 0.397 e. The number of anilines is 1. The first-order chi connectivity index (χ1) is 6.79. The SMILES string of the molecule is Nc1ccccc1-n1cccnc1=O. The predicted molar refractivity (Wildman–Crippen MR) is 54.2 cm³/mol. The molecule has 4 nitrogen and oxygen atoms in total. The number of nitrogen functional groups attached to an aromatic ring is 1. The first kappa shape index (κ1) is 8.50. The van der Waals surface area contributed by atoms with Crippen molar-refractivity contribution in [2.75, 3.05) is 5.73 Å². The van der Waals surface area contributed by atoms with E-state index >= 15 is 0 Å². The van der Waals surface area contributed by atoms with Crippen LogP contribution in [-0.2, 0) is 0 Å². The summed E-state index contributed by atoms with van der Waals surface area (Å²) in [4.78, 5) is 15.0. The summed E-state index contributed by atoms with van der Waals surface area (Å²) in [5, 5.41) is 0. The van der Waals surface area contributed by atoms with Crippen LogP contribution in [0.5, 0.6) is 0 Å². The molecule has 0 amide bonds. The van der Waals surface area contributed by atoms with E-state index < -0.39 is 0 Å². The van der Waals surface area contributed by atoms with Crippen LogP contribution in [0.3, 0.4) is 0 Å². The zero-order chi connectivity index (χ0) is 9.97. The van der Waals surface area contributed by atoms with Crippen LogP contribution in [0.4, 0.5) is 5.69 Å². The Morgan fingerprint density at radius 2 is 2.00 bits per heavy atom. The zero-order valence-electron chi connectivity index (χ0n) is 7.42. The third kappa shape index (κ3) is 1.37. The minimum Gasteiger partial charge on any atom is -0.397 e. The van der Waals surface area contributed by atoms with Gasteiger partial charge in [-0.25, -0.2) is 9.78 Å². The molecule has 0 aliphatic carbocycles. The van der Waals surface area contributed by atoms with E-state index in [0.717, 1.165) is 0 Å². The molecular formula is C10H9N3O. The van der Waals surface area contributed by atoms with E-state index in [1.54, 1.807) is 24.4 Å². The number of rotatable bonds is 1. The maximum absolute atomic E-state index is 11.4. The highest BCUT2D eigenvalue weighted by Crippen LogP contribution is 2.13. The van der Waals surface area contributed by atoms with Crippen LogP contribution in [0.15, 0.2) is 47.5 Å². The van der Waals surface area contributed by atoms with Crippen LogP contribution in [0.25, 0.3) is 5.69 Å². The van der Waals surface area contributed by atoms with Crippen LogP contribution in [0, 0.1) is 0 Å². The van der Waals surface area contributed by atoms with Crippen molar-refractivity contribution >= 4 is 5.69 Å². The lowest BCUT2D eigenvalue weighted by Crippen LogP contribution is -2.20. The van der Waals surface area contributed by atoms with E-state index in [-0.39, 0.29) is 5.69 Å². The predicted octanol–water partition coefficient (Wildman–Crippen LogP) is 0.815. The minimum atomic E-state index is -0.328. The Balaban J connectivity index is 2.67. The van der Waals surface area contributed by atoms with Crippen molar-refractivity contribution in [3.63, 3.8) is 0 Å². The van der Waals surface area contributed by atoms with Gasteiger partial charge in [0.05, 0.1) is 11.4 Å². The zero-order valence-corrected chi connectivity index (χ0v) is 7.42. The second-order valence-electron chi connectivity index (χ2n) is 2.83. The Morgan fingerprint density at radius 3 is 2.71 bits per heavy atom. The third-order valence-corrected chi connectivity index (χ3v) is 1.91. The van der Waals surface area contributed by atoms with Gasteiger partial charge in [-0.1, -0.05) is 12.1 Å². The van der Waals surface area contributed by atoms with Crippen LogP contribution >= 0.6 is 0 Å². The summed E-state index contributed by atoms with van der Waals surface area (Å²) in [5.41, 5.74) is 6.62. The van der Waals surface area contributed by atoms with E-state index in [4.69, 9.17) is 5.73 Å². The monoisotopic (exact) mass is 187 g/mol. The molecule has 0 saturated carbocycles. The molecule has 2 rings (SSSR count). The topological polar surface area (TPSA) is 60.9 Å². The fourth-order valence-electron chi connectivity index (χ4n) is 1.25. The maximum Gasteiger partial charge on any atom is 0.352 e. The summed E-state index contributed by atoms with van der Waals surface area (Å²) in [5.74, 6) is 0. The molecule has 0 saturated heterocycles. The highest BCUT2D eigenvalue weighted by molar-refractivity contribution is 5.57. The van der Waals surface area contributed by atoms with Gasteiger partial charge in [0.25, 0.3) is 0 Å². The van der Waals surface area contributed by atoms with Crippen LogP contribution in [-0.4, -0.2) is 9.55 Å². The van der Waals surface area contributed by atoms with Gasteiger partial charge in [0, 0.05) is 12.4 Å². The van der Waals surface area contributed by atoms with Crippen molar-refractivity contribution in [1.82, 2.24) is 9.55 Å². The van der Waals surface area contributed by atoms with Gasteiger partial charge in [-0.3, -0.25) is 4.57 Å². The Bertz CT molecular complexity index is 504. The number of nitrogens with zero attached hydrogens (tertiary/aromatic N) is 2. The summed E-state index contributed by atoms with van der Waals surface area (Å²) in [7, 11) is 0. The molecule has 2 N–H and O–H groups in total. The number of aromatic nitrogens is 2. The number of nitrogens with two attached hydrogens (primary N) is 1. The van der Waals surface area contributed by atoms with Gasteiger partial charge >= 0.3 is 5.69 Å². The molecule has 14 heavy (non-hydrogen) atoms. The van der Waals surface area contributed by atoms with E-state index in [1.165, 1.54) is 10.8 Å². The minimum absolute atomic E-state index is 0.328. The van der Waals surface area contributed by atoms with E-state index in [2.05, 4.69) is 4.98 Å². The van der Waals surface area contributed by atoms with Gasteiger partial charge in [-0.2, -0.15) is 0 Å². The Hall–Kier alpha value is -2.10. The molecule has 1 aromatic heterocycles. The Morgan fingerprint density at radius 1 is 1.21 bits per heavy atom. The standard InChI is InChI=1S/C10H9N3O/c11-8-4-1-2-5-9(8)13-7-3-6-12-10(13)14/h1-7H,11H2. The molecule has 0 fully saturated rings. The highest BCUT2D eigenvalue weighted by Gasteiger charge is 2.01. The molecule has 0 spiro atoms. The average Bonchev–Trinajstić information content (AvgIpc) is 2.20. The number of benzene rings is 1. The van der Waals surface area contributed by atoms with Crippen LogP contribution in [0.2, 0.25) is 0 Å². The molecule has 70 valence electrons. The summed E-state index contributed by atoms with van der Waals surface area (Å²) >= 11 is 0. The smallest absolute Gasteiger partial charge is 0.352 e. The third-order valence-electron chi connectivity index (χ3n) is 1.91. The van der Waals surface area contributed by atoms with Crippen LogP contribution < -0.4 is 11.4 Å². The van der Waals surface area contributed by atoms with Crippen molar-refractivity contribution in [3.05, 3.63) is 53.2 Å². The molecule has 0 radical (unpaired) electrons. The van der Waals surface area contributed by atoms with Gasteiger partial charge < -0.3 is 5.73 Å². The number of hydrogen-bond acceptors (Lipinski definition) is 3. The second kappa shape index (κ2) is 3.33. The highest BCUT2D eigenvalue weighted by atomic mass is 16.1. The van der Waals surface area contributed by atoms with E-state index in [9.17, 15) is 4.79 Å².